The molecule has 0 saturated carbocycles. The fraction of sp³-hybridized carbons (Fsp3) is 0.923. The van der Waals surface area contributed by atoms with E-state index in [4.69, 9.17) is 4.74 Å². The Morgan fingerprint density at radius 1 is 1.53 bits per heavy atom. The molecule has 1 atom stereocenters. The molecule has 0 bridgehead atoms. The number of carbonyl (C=O) groups excluding carboxylic acids is 1. The number of methoxy groups -OCH3 is 1. The molecule has 1 aliphatic heterocycles. The van der Waals surface area contributed by atoms with Crippen molar-refractivity contribution in [1.29, 1.82) is 0 Å². The van der Waals surface area contributed by atoms with Gasteiger partial charge in [-0.25, -0.2) is 0 Å². The van der Waals surface area contributed by atoms with E-state index in [0.717, 1.165) is 19.4 Å². The molecule has 0 aromatic heterocycles. The Kier molecular flexibility index (Phi) is 5.40. The number of piperidine rings is 1. The first-order valence-corrected chi connectivity index (χ1v) is 6.56. The average Bonchev–Trinajstić information content (AvgIpc) is 2.27. The van der Waals surface area contributed by atoms with Crippen LogP contribution < -0.4 is 5.32 Å². The average molecular weight is 242 g/mol. The molecule has 1 aliphatic rings. The highest BCUT2D eigenvalue weighted by atomic mass is 16.5. The second kappa shape index (κ2) is 6.36. The summed E-state index contributed by atoms with van der Waals surface area (Å²) in [7, 11) is 1.65. The van der Waals surface area contributed by atoms with Crippen LogP contribution in [0.2, 0.25) is 0 Å². The molecule has 1 saturated heterocycles. The molecule has 17 heavy (non-hydrogen) atoms. The summed E-state index contributed by atoms with van der Waals surface area (Å²) >= 11 is 0. The smallest absolute Gasteiger partial charge is 0.237 e. The monoisotopic (exact) mass is 242 g/mol. The zero-order valence-electron chi connectivity index (χ0n) is 11.6. The van der Waals surface area contributed by atoms with Crippen molar-refractivity contribution in [3.8, 4) is 0 Å². The number of ether oxygens (including phenoxy) is 1. The van der Waals surface area contributed by atoms with Gasteiger partial charge in [-0.1, -0.05) is 6.92 Å². The van der Waals surface area contributed by atoms with Gasteiger partial charge in [0.1, 0.15) is 0 Å². The predicted octanol–water partition coefficient (Wildman–Crippen LogP) is 1.40. The number of likely N-dealkylation sites (N-methyl/N-ethyl adjacent to an activating group) is 1. The molecule has 1 unspecified atom stereocenters. The summed E-state index contributed by atoms with van der Waals surface area (Å²) in [5.41, 5.74) is 0.135. The highest BCUT2D eigenvalue weighted by Crippen LogP contribution is 2.31. The topological polar surface area (TPSA) is 41.6 Å². The molecular formula is C13H26N2O2. The van der Waals surface area contributed by atoms with Crippen molar-refractivity contribution in [3.63, 3.8) is 0 Å². The molecule has 0 radical (unpaired) electrons. The summed E-state index contributed by atoms with van der Waals surface area (Å²) in [6.07, 6.45) is 3.27. The SMILES string of the molecule is CCN1C(C(=O)NCCOC)CCCC1(C)C. The number of hydrogen-bond acceptors (Lipinski definition) is 3. The Morgan fingerprint density at radius 2 is 2.24 bits per heavy atom. The van der Waals surface area contributed by atoms with E-state index >= 15 is 0 Å². The number of nitrogens with zero attached hydrogens (tertiary/aromatic N) is 1. The van der Waals surface area contributed by atoms with E-state index in [-0.39, 0.29) is 17.5 Å². The summed E-state index contributed by atoms with van der Waals surface area (Å²) in [6, 6.07) is 0.0283. The van der Waals surface area contributed by atoms with E-state index in [9.17, 15) is 4.79 Å². The second-order valence-electron chi connectivity index (χ2n) is 5.29. The van der Waals surface area contributed by atoms with Gasteiger partial charge in [-0.05, 0) is 39.7 Å². The summed E-state index contributed by atoms with van der Waals surface area (Å²) < 4.78 is 4.95. The van der Waals surface area contributed by atoms with Gasteiger partial charge in [0.2, 0.25) is 5.91 Å². The number of rotatable bonds is 5. The van der Waals surface area contributed by atoms with E-state index in [1.807, 2.05) is 0 Å². The van der Waals surface area contributed by atoms with Crippen LogP contribution in [0.3, 0.4) is 0 Å². The molecule has 1 N–H and O–H groups in total. The molecule has 1 fully saturated rings. The summed E-state index contributed by atoms with van der Waals surface area (Å²) in [5.74, 6) is 0.150. The second-order valence-corrected chi connectivity index (χ2v) is 5.29. The van der Waals surface area contributed by atoms with Crippen molar-refractivity contribution in [2.75, 3.05) is 26.8 Å². The molecule has 0 spiro atoms. The van der Waals surface area contributed by atoms with Crippen molar-refractivity contribution in [3.05, 3.63) is 0 Å². The quantitative estimate of drug-likeness (QED) is 0.741. The van der Waals surface area contributed by atoms with E-state index in [2.05, 4.69) is 31.0 Å². The number of likely N-dealkylation sites (tertiary alicyclic amines) is 1. The molecule has 4 nitrogen and oxygen atoms in total. The number of nitrogens with one attached hydrogen (secondary N) is 1. The first-order valence-electron chi connectivity index (χ1n) is 6.56. The van der Waals surface area contributed by atoms with Crippen molar-refractivity contribution >= 4 is 5.91 Å². The Morgan fingerprint density at radius 3 is 2.82 bits per heavy atom. The van der Waals surface area contributed by atoms with Gasteiger partial charge in [-0.15, -0.1) is 0 Å². The van der Waals surface area contributed by atoms with Gasteiger partial charge in [0.05, 0.1) is 12.6 Å². The van der Waals surface area contributed by atoms with Gasteiger partial charge in [0, 0.05) is 19.2 Å². The molecule has 1 heterocycles. The number of amides is 1. The lowest BCUT2D eigenvalue weighted by Crippen LogP contribution is -2.58. The summed E-state index contributed by atoms with van der Waals surface area (Å²) in [5, 5.41) is 2.95. The maximum absolute atomic E-state index is 12.1. The molecule has 0 aliphatic carbocycles. The highest BCUT2D eigenvalue weighted by molar-refractivity contribution is 5.81. The van der Waals surface area contributed by atoms with E-state index < -0.39 is 0 Å². The van der Waals surface area contributed by atoms with Crippen molar-refractivity contribution < 1.29 is 9.53 Å². The lowest BCUT2D eigenvalue weighted by Gasteiger charge is -2.46. The Bertz CT molecular complexity index is 254. The van der Waals surface area contributed by atoms with Gasteiger partial charge < -0.3 is 10.1 Å². The predicted molar refractivity (Wildman–Crippen MR) is 69.0 cm³/mol. The molecule has 0 aromatic rings. The third kappa shape index (κ3) is 3.68. The van der Waals surface area contributed by atoms with Crippen molar-refractivity contribution in [1.82, 2.24) is 10.2 Å². The van der Waals surface area contributed by atoms with Gasteiger partial charge in [-0.3, -0.25) is 9.69 Å². The van der Waals surface area contributed by atoms with Crippen LogP contribution in [-0.4, -0.2) is 49.2 Å². The van der Waals surface area contributed by atoms with Crippen LogP contribution in [0.15, 0.2) is 0 Å². The third-order valence-electron chi connectivity index (χ3n) is 3.67. The Balaban J connectivity index is 2.58. The first kappa shape index (κ1) is 14.5. The van der Waals surface area contributed by atoms with Gasteiger partial charge in [0.15, 0.2) is 0 Å². The molecule has 4 heteroatoms. The van der Waals surface area contributed by atoms with Crippen molar-refractivity contribution in [2.45, 2.75) is 51.6 Å². The lowest BCUT2D eigenvalue weighted by atomic mass is 9.86. The molecule has 100 valence electrons. The van der Waals surface area contributed by atoms with E-state index in [0.29, 0.717) is 13.2 Å². The van der Waals surface area contributed by atoms with Crippen molar-refractivity contribution in [2.24, 2.45) is 0 Å². The molecular weight excluding hydrogens is 216 g/mol. The maximum atomic E-state index is 12.1. The van der Waals surface area contributed by atoms with Crippen LogP contribution in [0, 0.1) is 0 Å². The van der Waals surface area contributed by atoms with Crippen LogP contribution in [0.25, 0.3) is 0 Å². The van der Waals surface area contributed by atoms with Crippen LogP contribution in [-0.2, 0) is 9.53 Å². The molecule has 1 rings (SSSR count). The summed E-state index contributed by atoms with van der Waals surface area (Å²) in [4.78, 5) is 14.4. The minimum Gasteiger partial charge on any atom is -0.383 e. The van der Waals surface area contributed by atoms with Crippen LogP contribution in [0.5, 0.6) is 0 Å². The van der Waals surface area contributed by atoms with Crippen LogP contribution in [0.1, 0.15) is 40.0 Å². The summed E-state index contributed by atoms with van der Waals surface area (Å²) in [6.45, 7) is 8.69. The number of hydrogen-bond donors (Lipinski definition) is 1. The van der Waals surface area contributed by atoms with Gasteiger partial charge in [0.25, 0.3) is 0 Å². The first-order chi connectivity index (χ1) is 8.03. The number of carbonyl (C=O) groups is 1. The van der Waals surface area contributed by atoms with Crippen LogP contribution >= 0.6 is 0 Å². The lowest BCUT2D eigenvalue weighted by molar-refractivity contribution is -0.131. The van der Waals surface area contributed by atoms with Gasteiger partial charge >= 0.3 is 0 Å². The van der Waals surface area contributed by atoms with E-state index in [1.54, 1.807) is 7.11 Å². The molecule has 0 aromatic carbocycles. The maximum Gasteiger partial charge on any atom is 0.237 e. The standard InChI is InChI=1S/C13H26N2O2/c1-5-15-11(7-6-8-13(15,2)3)12(16)14-9-10-17-4/h11H,5-10H2,1-4H3,(H,14,16). The Labute approximate surface area is 105 Å². The highest BCUT2D eigenvalue weighted by Gasteiger charge is 2.38. The normalized spacial score (nSPS) is 24.6. The Hall–Kier alpha value is -0.610. The minimum atomic E-state index is 0.0283. The largest absolute Gasteiger partial charge is 0.383 e. The van der Waals surface area contributed by atoms with E-state index in [1.165, 1.54) is 6.42 Å². The zero-order valence-corrected chi connectivity index (χ0v) is 11.6. The van der Waals surface area contributed by atoms with Crippen LogP contribution in [0.4, 0.5) is 0 Å². The minimum absolute atomic E-state index is 0.0283. The fourth-order valence-electron chi connectivity index (χ4n) is 2.76. The molecule has 1 amide bonds. The fourth-order valence-corrected chi connectivity index (χ4v) is 2.76. The van der Waals surface area contributed by atoms with Gasteiger partial charge in [-0.2, -0.15) is 0 Å². The zero-order chi connectivity index (χ0) is 12.9. The third-order valence-corrected chi connectivity index (χ3v) is 3.67.